The second kappa shape index (κ2) is 6.27. The summed E-state index contributed by atoms with van der Waals surface area (Å²) in [5.74, 6) is -0.299. The van der Waals surface area contributed by atoms with E-state index in [0.29, 0.717) is 21.8 Å². The Morgan fingerprint density at radius 1 is 1.05 bits per heavy atom. The third-order valence-electron chi connectivity index (χ3n) is 3.64. The summed E-state index contributed by atoms with van der Waals surface area (Å²) in [6.07, 6.45) is 0. The molecule has 0 fully saturated rings. The van der Waals surface area contributed by atoms with Crippen LogP contribution in [0.3, 0.4) is 0 Å². The molecule has 0 aliphatic rings. The quantitative estimate of drug-likeness (QED) is 0.767. The van der Waals surface area contributed by atoms with Crippen LogP contribution in [0.1, 0.15) is 38.3 Å². The number of aromatic nitrogens is 1. The first kappa shape index (κ1) is 16.8. The number of pyridine rings is 1. The first-order chi connectivity index (χ1) is 10.2. The number of nitrogens with zero attached hydrogens (tertiary/aromatic N) is 1. The summed E-state index contributed by atoms with van der Waals surface area (Å²) >= 11 is 12.3. The predicted molar refractivity (Wildman–Crippen MR) is 92.3 cm³/mol. The summed E-state index contributed by atoms with van der Waals surface area (Å²) in [5, 5.41) is 3.56. The van der Waals surface area contributed by atoms with E-state index in [1.54, 1.807) is 13.8 Å². The van der Waals surface area contributed by atoms with Crippen molar-refractivity contribution in [3.05, 3.63) is 55.8 Å². The maximum atomic E-state index is 12.6. The van der Waals surface area contributed by atoms with Gasteiger partial charge in [0.25, 0.3) is 5.91 Å². The number of carbonyl (C=O) groups excluding carboxylic acids is 1. The first-order valence-electron chi connectivity index (χ1n) is 6.93. The molecule has 2 aromatic rings. The summed E-state index contributed by atoms with van der Waals surface area (Å²) in [5.41, 5.74) is 5.53. The number of benzene rings is 1. The Bertz CT molecular complexity index is 747. The summed E-state index contributed by atoms with van der Waals surface area (Å²) in [4.78, 5) is 16.7. The Labute approximate surface area is 140 Å². The fourth-order valence-electron chi connectivity index (χ4n) is 2.61. The fourth-order valence-corrected chi connectivity index (χ4v) is 3.10. The van der Waals surface area contributed by atoms with Crippen molar-refractivity contribution in [1.82, 2.24) is 4.98 Å². The molecule has 3 nitrogen and oxygen atoms in total. The highest BCUT2D eigenvalue weighted by atomic mass is 35.5. The van der Waals surface area contributed by atoms with Crippen molar-refractivity contribution in [2.45, 2.75) is 34.6 Å². The number of anilines is 1. The van der Waals surface area contributed by atoms with Gasteiger partial charge >= 0.3 is 0 Å². The van der Waals surface area contributed by atoms with Crippen LogP contribution in [0.15, 0.2) is 12.1 Å². The molecule has 0 saturated heterocycles. The Kier molecular flexibility index (Phi) is 4.78. The largest absolute Gasteiger partial charge is 0.321 e. The lowest BCUT2D eigenvalue weighted by Crippen LogP contribution is -2.17. The molecule has 0 aliphatic heterocycles. The number of halogens is 2. The van der Waals surface area contributed by atoms with Crippen molar-refractivity contribution in [1.29, 1.82) is 0 Å². The summed E-state index contributed by atoms with van der Waals surface area (Å²) in [6, 6.07) is 4.05. The lowest BCUT2D eigenvalue weighted by atomic mass is 10.0. The van der Waals surface area contributed by atoms with E-state index in [0.717, 1.165) is 22.4 Å². The normalized spacial score (nSPS) is 10.7. The smallest absolute Gasteiger partial charge is 0.259 e. The minimum absolute atomic E-state index is 0.166. The number of hydrogen-bond donors (Lipinski definition) is 1. The average Bonchev–Trinajstić information content (AvgIpc) is 2.40. The molecule has 1 amide bonds. The third-order valence-corrected chi connectivity index (χ3v) is 4.47. The number of carbonyl (C=O) groups is 1. The van der Waals surface area contributed by atoms with Gasteiger partial charge in [0.05, 0.1) is 16.3 Å². The fraction of sp³-hybridized carbons (Fsp3) is 0.294. The Morgan fingerprint density at radius 2 is 1.59 bits per heavy atom. The molecule has 22 heavy (non-hydrogen) atoms. The van der Waals surface area contributed by atoms with Crippen LogP contribution >= 0.6 is 23.2 Å². The van der Waals surface area contributed by atoms with Crippen LogP contribution in [-0.2, 0) is 0 Å². The van der Waals surface area contributed by atoms with Crippen molar-refractivity contribution >= 4 is 34.8 Å². The molecule has 0 radical (unpaired) electrons. The van der Waals surface area contributed by atoms with E-state index in [1.807, 2.05) is 32.9 Å². The van der Waals surface area contributed by atoms with Gasteiger partial charge < -0.3 is 5.32 Å². The second-order valence-electron chi connectivity index (χ2n) is 5.53. The van der Waals surface area contributed by atoms with E-state index < -0.39 is 0 Å². The van der Waals surface area contributed by atoms with Crippen LogP contribution in [0, 0.1) is 34.6 Å². The SMILES string of the molecule is Cc1cc(C)c(NC(=O)c2c(Cl)nc(C)c(Cl)c2C)c(C)c1. The monoisotopic (exact) mass is 336 g/mol. The Hall–Kier alpha value is -1.58. The van der Waals surface area contributed by atoms with Gasteiger partial charge in [-0.1, -0.05) is 40.9 Å². The zero-order chi connectivity index (χ0) is 16.6. The maximum Gasteiger partial charge on any atom is 0.259 e. The highest BCUT2D eigenvalue weighted by Crippen LogP contribution is 2.29. The van der Waals surface area contributed by atoms with Gasteiger partial charge in [0.2, 0.25) is 0 Å². The minimum Gasteiger partial charge on any atom is -0.321 e. The van der Waals surface area contributed by atoms with Crippen LogP contribution in [0.2, 0.25) is 10.2 Å². The molecule has 0 unspecified atom stereocenters. The molecule has 0 aliphatic carbocycles. The molecule has 1 aromatic heterocycles. The van der Waals surface area contributed by atoms with Gasteiger partial charge in [-0.3, -0.25) is 4.79 Å². The van der Waals surface area contributed by atoms with Gasteiger partial charge in [0.1, 0.15) is 5.15 Å². The molecular weight excluding hydrogens is 319 g/mol. The molecule has 0 bridgehead atoms. The second-order valence-corrected chi connectivity index (χ2v) is 6.27. The van der Waals surface area contributed by atoms with Gasteiger partial charge in [0, 0.05) is 5.69 Å². The van der Waals surface area contributed by atoms with Gasteiger partial charge in [-0.15, -0.1) is 0 Å². The van der Waals surface area contributed by atoms with Crippen molar-refractivity contribution in [2.24, 2.45) is 0 Å². The maximum absolute atomic E-state index is 12.6. The molecule has 5 heteroatoms. The molecule has 0 spiro atoms. The lowest BCUT2D eigenvalue weighted by molar-refractivity contribution is 0.102. The van der Waals surface area contributed by atoms with E-state index in [2.05, 4.69) is 10.3 Å². The van der Waals surface area contributed by atoms with Crippen LogP contribution in [0.25, 0.3) is 0 Å². The van der Waals surface area contributed by atoms with Crippen LogP contribution in [0.5, 0.6) is 0 Å². The third kappa shape index (κ3) is 3.11. The van der Waals surface area contributed by atoms with E-state index in [9.17, 15) is 4.79 Å². The standard InChI is InChI=1S/C17H18Cl2N2O/c1-8-6-9(2)15(10(3)7-8)21-17(22)13-11(4)14(18)12(5)20-16(13)19/h6-7H,1-5H3,(H,21,22). The number of rotatable bonds is 2. The molecule has 2 rings (SSSR count). The summed E-state index contributed by atoms with van der Waals surface area (Å²) in [6.45, 7) is 9.48. The highest BCUT2D eigenvalue weighted by Gasteiger charge is 2.20. The van der Waals surface area contributed by atoms with Crippen LogP contribution < -0.4 is 5.32 Å². The van der Waals surface area contributed by atoms with E-state index in [1.165, 1.54) is 0 Å². The van der Waals surface area contributed by atoms with Crippen molar-refractivity contribution in [2.75, 3.05) is 5.32 Å². The Balaban J connectivity index is 2.45. The predicted octanol–water partition coefficient (Wildman–Crippen LogP) is 5.18. The number of nitrogens with one attached hydrogen (secondary N) is 1. The minimum atomic E-state index is -0.299. The summed E-state index contributed by atoms with van der Waals surface area (Å²) in [7, 11) is 0. The molecule has 0 saturated carbocycles. The zero-order valence-corrected chi connectivity index (χ0v) is 14.8. The highest BCUT2D eigenvalue weighted by molar-refractivity contribution is 6.36. The topological polar surface area (TPSA) is 42.0 Å². The van der Waals surface area contributed by atoms with Crippen molar-refractivity contribution < 1.29 is 4.79 Å². The number of hydrogen-bond acceptors (Lipinski definition) is 2. The lowest BCUT2D eigenvalue weighted by Gasteiger charge is -2.15. The van der Waals surface area contributed by atoms with Gasteiger partial charge in [-0.05, 0) is 51.3 Å². The van der Waals surface area contributed by atoms with Crippen LogP contribution in [0.4, 0.5) is 5.69 Å². The van der Waals surface area contributed by atoms with E-state index in [-0.39, 0.29) is 11.1 Å². The van der Waals surface area contributed by atoms with Gasteiger partial charge in [-0.2, -0.15) is 0 Å². The van der Waals surface area contributed by atoms with E-state index in [4.69, 9.17) is 23.2 Å². The zero-order valence-electron chi connectivity index (χ0n) is 13.3. The van der Waals surface area contributed by atoms with Gasteiger partial charge in [-0.25, -0.2) is 4.98 Å². The number of amides is 1. The molecular formula is C17H18Cl2N2O. The van der Waals surface area contributed by atoms with E-state index >= 15 is 0 Å². The first-order valence-corrected chi connectivity index (χ1v) is 7.69. The summed E-state index contributed by atoms with van der Waals surface area (Å²) < 4.78 is 0. The van der Waals surface area contributed by atoms with Crippen molar-refractivity contribution in [3.8, 4) is 0 Å². The molecule has 1 aromatic carbocycles. The molecule has 0 atom stereocenters. The molecule has 116 valence electrons. The Morgan fingerprint density at radius 3 is 2.14 bits per heavy atom. The van der Waals surface area contributed by atoms with Crippen LogP contribution in [-0.4, -0.2) is 10.9 Å². The molecule has 1 heterocycles. The molecule has 1 N–H and O–H groups in total. The van der Waals surface area contributed by atoms with Crippen molar-refractivity contribution in [3.63, 3.8) is 0 Å². The van der Waals surface area contributed by atoms with Gasteiger partial charge in [0.15, 0.2) is 0 Å². The number of aryl methyl sites for hydroxylation is 4. The average molecular weight is 337 g/mol.